The molecule has 1 saturated heterocycles. The van der Waals surface area contributed by atoms with E-state index in [1.165, 1.54) is 0 Å². The fourth-order valence-electron chi connectivity index (χ4n) is 2.19. The molecule has 2 rings (SSSR count). The Bertz CT molecular complexity index is 482. The van der Waals surface area contributed by atoms with Crippen LogP contribution >= 0.6 is 0 Å². The lowest BCUT2D eigenvalue weighted by atomic mass is 9.97. The van der Waals surface area contributed by atoms with E-state index in [1.54, 1.807) is 0 Å². The summed E-state index contributed by atoms with van der Waals surface area (Å²) in [6, 6.07) is 1.54. The number of nitrogens with two attached hydrogens (primary N) is 1. The molecule has 1 aromatic rings. The first kappa shape index (κ1) is 13.8. The van der Waals surface area contributed by atoms with Crippen LogP contribution in [0.1, 0.15) is 47.1 Å². The van der Waals surface area contributed by atoms with E-state index in [0.29, 0.717) is 13.0 Å². The summed E-state index contributed by atoms with van der Waals surface area (Å²) in [4.78, 5) is 14.9. The lowest BCUT2D eigenvalue weighted by Gasteiger charge is -2.25. The van der Waals surface area contributed by atoms with Crippen molar-refractivity contribution in [2.24, 2.45) is 5.73 Å². The van der Waals surface area contributed by atoms with Crippen molar-refractivity contribution in [3.05, 3.63) is 29.1 Å². The zero-order valence-electron chi connectivity index (χ0n) is 10.1. The second-order valence-corrected chi connectivity index (χ2v) is 4.49. The number of primary amides is 1. The van der Waals surface area contributed by atoms with Crippen LogP contribution in [0.4, 0.5) is 13.2 Å². The summed E-state index contributed by atoms with van der Waals surface area (Å²) in [5.41, 5.74) is 4.34. The van der Waals surface area contributed by atoms with Gasteiger partial charge in [0.2, 0.25) is 0 Å². The summed E-state index contributed by atoms with van der Waals surface area (Å²) in [7, 11) is 0. The molecular weight excluding hydrogens is 259 g/mol. The van der Waals surface area contributed by atoms with E-state index in [0.717, 1.165) is 25.0 Å². The first-order chi connectivity index (χ1) is 8.89. The minimum Gasteiger partial charge on any atom is -0.366 e. The van der Waals surface area contributed by atoms with Crippen molar-refractivity contribution >= 4 is 5.91 Å². The van der Waals surface area contributed by atoms with E-state index in [2.05, 4.69) is 10.3 Å². The van der Waals surface area contributed by atoms with Crippen molar-refractivity contribution in [1.82, 2.24) is 10.3 Å². The van der Waals surface area contributed by atoms with Crippen molar-refractivity contribution < 1.29 is 18.0 Å². The molecule has 1 aliphatic rings. The maximum absolute atomic E-state index is 12.7. The third-order valence-electron chi connectivity index (χ3n) is 3.12. The molecule has 4 nitrogen and oxygen atoms in total. The Balaban J connectivity index is 2.44. The molecule has 104 valence electrons. The van der Waals surface area contributed by atoms with Gasteiger partial charge in [-0.15, -0.1) is 0 Å². The number of halogens is 3. The smallest absolute Gasteiger partial charge is 0.366 e. The summed E-state index contributed by atoms with van der Waals surface area (Å²) >= 11 is 0. The van der Waals surface area contributed by atoms with E-state index in [1.807, 2.05) is 0 Å². The third-order valence-corrected chi connectivity index (χ3v) is 3.12. The van der Waals surface area contributed by atoms with Crippen LogP contribution in [0.3, 0.4) is 0 Å². The van der Waals surface area contributed by atoms with Gasteiger partial charge in [0.05, 0.1) is 17.3 Å². The molecule has 1 fully saturated rings. The molecule has 1 amide bonds. The fourth-order valence-corrected chi connectivity index (χ4v) is 2.19. The lowest BCUT2D eigenvalue weighted by Crippen LogP contribution is -2.30. The minimum atomic E-state index is -4.53. The summed E-state index contributed by atoms with van der Waals surface area (Å²) < 4.78 is 38.0. The summed E-state index contributed by atoms with van der Waals surface area (Å²) in [5, 5.41) is 3.07. The molecule has 0 aliphatic carbocycles. The molecule has 1 aliphatic heterocycles. The number of nitrogens with one attached hydrogen (secondary N) is 1. The molecule has 1 unspecified atom stereocenters. The Labute approximate surface area is 108 Å². The highest BCUT2D eigenvalue weighted by Crippen LogP contribution is 2.31. The largest absolute Gasteiger partial charge is 0.433 e. The lowest BCUT2D eigenvalue weighted by molar-refractivity contribution is -0.141. The second kappa shape index (κ2) is 5.16. The Morgan fingerprint density at radius 1 is 1.37 bits per heavy atom. The standard InChI is InChI=1S/C12H14F3N3O/c13-12(14,15)9-5-4-7(11(16)19)10(18-9)8-3-1-2-6-17-8/h4-5,8,17H,1-3,6H2,(H2,16,19). The number of aromatic nitrogens is 1. The van der Waals surface area contributed by atoms with Crippen molar-refractivity contribution in [2.45, 2.75) is 31.5 Å². The van der Waals surface area contributed by atoms with Crippen LogP contribution < -0.4 is 11.1 Å². The quantitative estimate of drug-likeness (QED) is 0.866. The molecule has 7 heteroatoms. The van der Waals surface area contributed by atoms with Crippen LogP contribution in [0.25, 0.3) is 0 Å². The van der Waals surface area contributed by atoms with Gasteiger partial charge in [-0.25, -0.2) is 4.98 Å². The van der Waals surface area contributed by atoms with Gasteiger partial charge >= 0.3 is 6.18 Å². The molecule has 0 spiro atoms. The van der Waals surface area contributed by atoms with Gasteiger partial charge in [0.1, 0.15) is 5.69 Å². The number of alkyl halides is 3. The van der Waals surface area contributed by atoms with Gasteiger partial charge in [0.25, 0.3) is 5.91 Å². The van der Waals surface area contributed by atoms with Crippen LogP contribution in [0.2, 0.25) is 0 Å². The molecular formula is C12H14F3N3O. The molecule has 3 N–H and O–H groups in total. The Morgan fingerprint density at radius 2 is 2.11 bits per heavy atom. The topological polar surface area (TPSA) is 68.0 Å². The second-order valence-electron chi connectivity index (χ2n) is 4.49. The van der Waals surface area contributed by atoms with Gasteiger partial charge in [-0.3, -0.25) is 4.79 Å². The maximum Gasteiger partial charge on any atom is 0.433 e. The van der Waals surface area contributed by atoms with Crippen molar-refractivity contribution in [3.8, 4) is 0 Å². The molecule has 1 atom stereocenters. The highest BCUT2D eigenvalue weighted by Gasteiger charge is 2.34. The van der Waals surface area contributed by atoms with Crippen LogP contribution in [0.15, 0.2) is 12.1 Å². The highest BCUT2D eigenvalue weighted by atomic mass is 19.4. The minimum absolute atomic E-state index is 0.0485. The summed E-state index contributed by atoms with van der Waals surface area (Å²) in [5.74, 6) is -0.761. The average Bonchev–Trinajstić information content (AvgIpc) is 2.38. The Hall–Kier alpha value is -1.63. The van der Waals surface area contributed by atoms with Crippen LogP contribution in [-0.4, -0.2) is 17.4 Å². The maximum atomic E-state index is 12.7. The fraction of sp³-hybridized carbons (Fsp3) is 0.500. The van der Waals surface area contributed by atoms with Crippen molar-refractivity contribution in [3.63, 3.8) is 0 Å². The number of hydrogen-bond acceptors (Lipinski definition) is 3. The van der Waals surface area contributed by atoms with Gasteiger partial charge in [-0.2, -0.15) is 13.2 Å². The van der Waals surface area contributed by atoms with Gasteiger partial charge in [-0.05, 0) is 31.5 Å². The van der Waals surface area contributed by atoms with Gasteiger partial charge in [-0.1, -0.05) is 6.42 Å². The molecule has 0 saturated carbocycles. The average molecular weight is 273 g/mol. The number of carbonyl (C=O) groups is 1. The predicted octanol–water partition coefficient (Wildman–Crippen LogP) is 2.01. The van der Waals surface area contributed by atoms with Crippen molar-refractivity contribution in [1.29, 1.82) is 0 Å². The first-order valence-electron chi connectivity index (χ1n) is 6.01. The number of pyridine rings is 1. The van der Waals surface area contributed by atoms with Gasteiger partial charge < -0.3 is 11.1 Å². The SMILES string of the molecule is NC(=O)c1ccc(C(F)(F)F)nc1C1CCCCN1. The summed E-state index contributed by atoms with van der Waals surface area (Å²) in [6.45, 7) is 0.695. The number of piperidine rings is 1. The monoisotopic (exact) mass is 273 g/mol. The van der Waals surface area contributed by atoms with Gasteiger partial charge in [0.15, 0.2) is 0 Å². The Morgan fingerprint density at radius 3 is 2.63 bits per heavy atom. The van der Waals surface area contributed by atoms with E-state index < -0.39 is 17.8 Å². The number of carbonyl (C=O) groups excluding carboxylic acids is 1. The summed E-state index contributed by atoms with van der Waals surface area (Å²) in [6.07, 6.45) is -2.04. The van der Waals surface area contributed by atoms with E-state index in [9.17, 15) is 18.0 Å². The highest BCUT2D eigenvalue weighted by molar-refractivity contribution is 5.94. The van der Waals surface area contributed by atoms with Crippen LogP contribution in [0.5, 0.6) is 0 Å². The molecule has 0 bridgehead atoms. The Kier molecular flexibility index (Phi) is 3.75. The number of rotatable bonds is 2. The number of amides is 1. The number of nitrogens with zero attached hydrogens (tertiary/aromatic N) is 1. The van der Waals surface area contributed by atoms with Crippen LogP contribution in [-0.2, 0) is 6.18 Å². The van der Waals surface area contributed by atoms with Gasteiger partial charge in [0, 0.05) is 0 Å². The zero-order chi connectivity index (χ0) is 14.0. The normalized spacial score (nSPS) is 20.3. The molecule has 19 heavy (non-hydrogen) atoms. The molecule has 0 radical (unpaired) electrons. The van der Waals surface area contributed by atoms with Crippen LogP contribution in [0, 0.1) is 0 Å². The van der Waals surface area contributed by atoms with E-state index >= 15 is 0 Å². The number of hydrogen-bond donors (Lipinski definition) is 2. The molecule has 0 aromatic carbocycles. The van der Waals surface area contributed by atoms with E-state index in [4.69, 9.17) is 5.73 Å². The van der Waals surface area contributed by atoms with E-state index in [-0.39, 0.29) is 17.3 Å². The van der Waals surface area contributed by atoms with Crippen molar-refractivity contribution in [2.75, 3.05) is 6.54 Å². The molecule has 1 aromatic heterocycles. The third kappa shape index (κ3) is 3.04. The molecule has 2 heterocycles. The predicted molar refractivity (Wildman–Crippen MR) is 62.4 cm³/mol. The first-order valence-corrected chi connectivity index (χ1v) is 6.01. The zero-order valence-corrected chi connectivity index (χ0v) is 10.1.